The number of allylic oxidation sites excluding steroid dienone is 3. The molecule has 1 aromatic heterocycles. The summed E-state index contributed by atoms with van der Waals surface area (Å²) in [5, 5.41) is 1.98. The van der Waals surface area contributed by atoms with Crippen molar-refractivity contribution in [2.45, 2.75) is 6.92 Å². The van der Waals surface area contributed by atoms with Crippen LogP contribution in [0.5, 0.6) is 11.5 Å². The van der Waals surface area contributed by atoms with E-state index in [1.165, 1.54) is 0 Å². The Morgan fingerprint density at radius 1 is 0.963 bits per heavy atom. The zero-order valence-corrected chi connectivity index (χ0v) is 15.8. The van der Waals surface area contributed by atoms with E-state index in [9.17, 15) is 0 Å². The maximum Gasteiger partial charge on any atom is 0.134 e. The van der Waals surface area contributed by atoms with Crippen LogP contribution in [0, 0.1) is 0 Å². The molecule has 3 aromatic rings. The van der Waals surface area contributed by atoms with Gasteiger partial charge in [-0.25, -0.2) is 0 Å². The molecule has 0 aliphatic heterocycles. The number of fused-ring (bicyclic) bond motifs is 1. The first-order chi connectivity index (χ1) is 13.2. The van der Waals surface area contributed by atoms with Crippen LogP contribution in [0.4, 0.5) is 0 Å². The molecule has 0 saturated heterocycles. The van der Waals surface area contributed by atoms with Gasteiger partial charge in [0.25, 0.3) is 0 Å². The molecule has 0 N–H and O–H groups in total. The first-order valence-corrected chi connectivity index (χ1v) is 8.62. The Labute approximate surface area is 159 Å². The summed E-state index contributed by atoms with van der Waals surface area (Å²) in [5.74, 6) is 1.61. The largest absolute Gasteiger partial charge is 0.495 e. The highest BCUT2D eigenvalue weighted by atomic mass is 16.5. The van der Waals surface area contributed by atoms with Gasteiger partial charge in [0.05, 0.1) is 14.2 Å². The number of hydrogen-bond donors (Lipinski definition) is 0. The second-order valence-corrected chi connectivity index (χ2v) is 5.87. The van der Waals surface area contributed by atoms with Crippen molar-refractivity contribution < 1.29 is 9.47 Å². The van der Waals surface area contributed by atoms with Crippen molar-refractivity contribution >= 4 is 23.1 Å². The van der Waals surface area contributed by atoms with Gasteiger partial charge in [0.1, 0.15) is 11.5 Å². The van der Waals surface area contributed by atoms with Crippen LogP contribution < -0.4 is 9.47 Å². The van der Waals surface area contributed by atoms with Gasteiger partial charge in [-0.1, -0.05) is 6.08 Å². The molecule has 0 spiro atoms. The van der Waals surface area contributed by atoms with Crippen LogP contribution >= 0.6 is 0 Å². The lowest BCUT2D eigenvalue weighted by Crippen LogP contribution is -1.95. The normalized spacial score (nSPS) is 11.7. The highest BCUT2D eigenvalue weighted by Crippen LogP contribution is 2.42. The number of benzene rings is 2. The third-order valence-electron chi connectivity index (χ3n) is 4.48. The number of pyridine rings is 1. The molecule has 136 valence electrons. The number of ether oxygens (including phenoxy) is 2. The SMILES string of the molecule is C=NC=CC(=CC)c1ccc2c(OC)c(-c3ccncc3)ccc2c1OC. The number of aromatic nitrogens is 1. The number of aliphatic imine (C=N–C) groups is 1. The molecule has 4 nitrogen and oxygen atoms in total. The summed E-state index contributed by atoms with van der Waals surface area (Å²) in [5.41, 5.74) is 4.08. The summed E-state index contributed by atoms with van der Waals surface area (Å²) in [6.45, 7) is 5.48. The summed E-state index contributed by atoms with van der Waals surface area (Å²) in [7, 11) is 3.37. The third-order valence-corrected chi connectivity index (χ3v) is 4.48. The molecule has 1 heterocycles. The van der Waals surface area contributed by atoms with Crippen LogP contribution in [0.2, 0.25) is 0 Å². The lowest BCUT2D eigenvalue weighted by atomic mass is 9.95. The van der Waals surface area contributed by atoms with E-state index in [1.807, 2.05) is 37.3 Å². The summed E-state index contributed by atoms with van der Waals surface area (Å²) in [6, 6.07) is 12.2. The van der Waals surface area contributed by atoms with Crippen LogP contribution in [0.25, 0.3) is 27.5 Å². The molecular formula is C23H22N2O2. The fraction of sp³-hybridized carbons (Fsp3) is 0.130. The average Bonchev–Trinajstić information content (AvgIpc) is 2.73. The smallest absolute Gasteiger partial charge is 0.134 e. The van der Waals surface area contributed by atoms with Gasteiger partial charge >= 0.3 is 0 Å². The highest BCUT2D eigenvalue weighted by molar-refractivity contribution is 6.01. The lowest BCUT2D eigenvalue weighted by Gasteiger charge is -2.17. The van der Waals surface area contributed by atoms with Gasteiger partial charge in [0, 0.05) is 40.5 Å². The van der Waals surface area contributed by atoms with Crippen molar-refractivity contribution in [1.29, 1.82) is 0 Å². The Morgan fingerprint density at radius 2 is 1.63 bits per heavy atom. The van der Waals surface area contributed by atoms with Crippen molar-refractivity contribution in [3.63, 3.8) is 0 Å². The Hall–Kier alpha value is -3.40. The van der Waals surface area contributed by atoms with E-state index in [0.29, 0.717) is 0 Å². The molecule has 0 unspecified atom stereocenters. The predicted octanol–water partition coefficient (Wildman–Crippen LogP) is 5.54. The van der Waals surface area contributed by atoms with Gasteiger partial charge in [-0.05, 0) is 67.3 Å². The monoisotopic (exact) mass is 358 g/mol. The van der Waals surface area contributed by atoms with E-state index < -0.39 is 0 Å². The fourth-order valence-corrected chi connectivity index (χ4v) is 3.25. The number of methoxy groups -OCH3 is 2. The van der Waals surface area contributed by atoms with Crippen LogP contribution in [0.3, 0.4) is 0 Å². The molecule has 0 amide bonds. The molecule has 0 aliphatic rings. The predicted molar refractivity (Wildman–Crippen MR) is 113 cm³/mol. The third kappa shape index (κ3) is 3.47. The molecule has 3 rings (SSSR count). The molecule has 0 bridgehead atoms. The second-order valence-electron chi connectivity index (χ2n) is 5.87. The topological polar surface area (TPSA) is 43.7 Å². The molecule has 0 fully saturated rings. The molecule has 27 heavy (non-hydrogen) atoms. The van der Waals surface area contributed by atoms with Gasteiger partial charge in [-0.3, -0.25) is 9.98 Å². The van der Waals surface area contributed by atoms with Gasteiger partial charge in [0.15, 0.2) is 0 Å². The van der Waals surface area contributed by atoms with Crippen LogP contribution in [0.15, 0.2) is 72.1 Å². The van der Waals surface area contributed by atoms with Crippen LogP contribution in [-0.4, -0.2) is 25.9 Å². The van der Waals surface area contributed by atoms with E-state index in [2.05, 4.69) is 34.9 Å². The standard InChI is InChI=1S/C23H22N2O2/c1-5-16(10-13-24-2)18-6-8-21-20(22(18)26-3)9-7-19(23(21)27-4)17-11-14-25-15-12-17/h5-15H,2H2,1,3-4H3. The number of nitrogens with zero attached hydrogens (tertiary/aromatic N) is 2. The lowest BCUT2D eigenvalue weighted by molar-refractivity contribution is 0.415. The Balaban J connectivity index is 2.27. The van der Waals surface area contributed by atoms with Crippen LogP contribution in [-0.2, 0) is 0 Å². The van der Waals surface area contributed by atoms with Gasteiger partial charge in [-0.15, -0.1) is 0 Å². The van der Waals surface area contributed by atoms with E-state index >= 15 is 0 Å². The van der Waals surface area contributed by atoms with Crippen molar-refractivity contribution in [3.8, 4) is 22.6 Å². The van der Waals surface area contributed by atoms with Crippen molar-refractivity contribution in [1.82, 2.24) is 4.98 Å². The summed E-state index contributed by atoms with van der Waals surface area (Å²) in [6.07, 6.45) is 9.17. The van der Waals surface area contributed by atoms with Gasteiger partial charge in [-0.2, -0.15) is 0 Å². The first kappa shape index (κ1) is 18.4. The van der Waals surface area contributed by atoms with Crippen molar-refractivity contribution in [2.75, 3.05) is 14.2 Å². The quantitative estimate of drug-likeness (QED) is 0.429. The molecule has 4 heteroatoms. The van der Waals surface area contributed by atoms with E-state index in [0.717, 1.165) is 44.5 Å². The minimum atomic E-state index is 0.800. The summed E-state index contributed by atoms with van der Waals surface area (Å²) < 4.78 is 11.6. The highest BCUT2D eigenvalue weighted by Gasteiger charge is 2.16. The van der Waals surface area contributed by atoms with E-state index in [-0.39, 0.29) is 0 Å². The van der Waals surface area contributed by atoms with Crippen molar-refractivity contribution in [2.24, 2.45) is 4.99 Å². The van der Waals surface area contributed by atoms with E-state index in [4.69, 9.17) is 9.47 Å². The Bertz CT molecular complexity index is 1020. The zero-order chi connectivity index (χ0) is 19.2. The second kappa shape index (κ2) is 8.32. The molecule has 2 aromatic carbocycles. The maximum absolute atomic E-state index is 5.78. The molecule has 0 radical (unpaired) electrons. The zero-order valence-electron chi connectivity index (χ0n) is 15.8. The molecule has 0 saturated carbocycles. The molecule has 0 aliphatic carbocycles. The fourth-order valence-electron chi connectivity index (χ4n) is 3.25. The van der Waals surface area contributed by atoms with Gasteiger partial charge in [0.2, 0.25) is 0 Å². The van der Waals surface area contributed by atoms with Crippen LogP contribution in [0.1, 0.15) is 12.5 Å². The minimum absolute atomic E-state index is 0.800. The van der Waals surface area contributed by atoms with Crippen molar-refractivity contribution in [3.05, 3.63) is 72.7 Å². The molecular weight excluding hydrogens is 336 g/mol. The number of hydrogen-bond acceptors (Lipinski definition) is 4. The first-order valence-electron chi connectivity index (χ1n) is 8.62. The average molecular weight is 358 g/mol. The van der Waals surface area contributed by atoms with Gasteiger partial charge < -0.3 is 9.47 Å². The Kier molecular flexibility index (Phi) is 5.67. The summed E-state index contributed by atoms with van der Waals surface area (Å²) >= 11 is 0. The summed E-state index contributed by atoms with van der Waals surface area (Å²) in [4.78, 5) is 7.90. The maximum atomic E-state index is 5.78. The minimum Gasteiger partial charge on any atom is -0.495 e. The molecule has 0 atom stereocenters. The Morgan fingerprint density at radius 3 is 2.26 bits per heavy atom. The van der Waals surface area contributed by atoms with E-state index in [1.54, 1.807) is 32.8 Å². The number of rotatable bonds is 6.